The van der Waals surface area contributed by atoms with Crippen LogP contribution < -0.4 is 21.7 Å². The molecule has 2 fully saturated rings. The van der Waals surface area contributed by atoms with Crippen LogP contribution in [0.2, 0.25) is 0 Å². The first-order valence-electron chi connectivity index (χ1n) is 19.1. The molecule has 7 atom stereocenters. The fourth-order valence-corrected chi connectivity index (χ4v) is 8.35. The minimum Gasteiger partial charge on any atom is -0.459 e. The molecule has 0 spiro atoms. The Morgan fingerprint density at radius 2 is 1.72 bits per heavy atom. The molecule has 4 aliphatic rings. The Balaban J connectivity index is 1.15. The number of carbonyl (C=O) groups is 1. The summed E-state index contributed by atoms with van der Waals surface area (Å²) in [5.74, 6) is 1.60. The second-order valence-corrected chi connectivity index (χ2v) is 15.0. The van der Waals surface area contributed by atoms with Crippen LogP contribution >= 0.6 is 0 Å². The number of nitrogens with one attached hydrogen (secondary N) is 3. The molecule has 0 saturated carbocycles. The highest BCUT2D eigenvalue weighted by Gasteiger charge is 2.44. The van der Waals surface area contributed by atoms with Crippen molar-refractivity contribution in [3.63, 3.8) is 0 Å². The maximum atomic E-state index is 13.5. The van der Waals surface area contributed by atoms with Crippen LogP contribution in [0.15, 0.2) is 11.3 Å². The highest BCUT2D eigenvalue weighted by molar-refractivity contribution is 5.93. The van der Waals surface area contributed by atoms with Crippen molar-refractivity contribution in [1.82, 2.24) is 16.0 Å². The fraction of sp³-hybridized carbons (Fsp3) is 0.865. The van der Waals surface area contributed by atoms with Crippen molar-refractivity contribution in [2.75, 3.05) is 6.54 Å². The van der Waals surface area contributed by atoms with Crippen molar-refractivity contribution in [3.05, 3.63) is 11.3 Å². The molecule has 0 bridgehead atoms. The molecule has 9 heteroatoms. The molecule has 0 aromatic heterocycles. The van der Waals surface area contributed by atoms with E-state index in [4.69, 9.17) is 10.5 Å². The predicted molar refractivity (Wildman–Crippen MR) is 187 cm³/mol. The molecule has 0 aromatic carbocycles. The van der Waals surface area contributed by atoms with Gasteiger partial charge in [-0.3, -0.25) is 25.5 Å². The Bertz CT molecular complexity index is 1090. The number of carbonyl (C=O) groups excluding carboxylic acids is 1. The third-order valence-electron chi connectivity index (χ3n) is 10.9. The summed E-state index contributed by atoms with van der Waals surface area (Å²) >= 11 is 0. The molecule has 0 amide bonds. The number of fused-ring (bicyclic) bond motifs is 2. The van der Waals surface area contributed by atoms with Gasteiger partial charge in [-0.05, 0) is 79.1 Å². The van der Waals surface area contributed by atoms with Gasteiger partial charge in [-0.1, -0.05) is 64.7 Å². The lowest BCUT2D eigenvalue weighted by Crippen LogP contribution is -2.56. The Kier molecular flexibility index (Phi) is 14.5. The summed E-state index contributed by atoms with van der Waals surface area (Å²) < 4.78 is 10.7. The molecule has 6 N–H and O–H groups in total. The van der Waals surface area contributed by atoms with Gasteiger partial charge in [-0.15, -0.1) is 0 Å². The number of rotatable bonds is 19. The maximum absolute atomic E-state index is 13.5. The van der Waals surface area contributed by atoms with E-state index in [0.717, 1.165) is 70.0 Å². The highest BCUT2D eigenvalue weighted by Crippen LogP contribution is 2.32. The molecular weight excluding hydrogens is 576 g/mol. The van der Waals surface area contributed by atoms with Crippen LogP contribution in [0.25, 0.3) is 0 Å². The van der Waals surface area contributed by atoms with Gasteiger partial charge in [0.15, 0.2) is 0 Å². The van der Waals surface area contributed by atoms with Crippen molar-refractivity contribution in [1.29, 1.82) is 0 Å². The van der Waals surface area contributed by atoms with Gasteiger partial charge in [0.25, 0.3) is 0 Å². The molecule has 0 radical (unpaired) electrons. The number of hydrogen-bond donors (Lipinski definition) is 5. The van der Waals surface area contributed by atoms with Crippen LogP contribution in [0.1, 0.15) is 157 Å². The van der Waals surface area contributed by atoms with E-state index in [1.165, 1.54) is 63.7 Å². The van der Waals surface area contributed by atoms with Gasteiger partial charge in [0, 0.05) is 12.8 Å². The monoisotopic (exact) mass is 645 g/mol. The number of esters is 1. The van der Waals surface area contributed by atoms with E-state index in [2.05, 4.69) is 45.9 Å². The zero-order chi connectivity index (χ0) is 33.1. The zero-order valence-electron chi connectivity index (χ0n) is 29.9. The third kappa shape index (κ3) is 10.4. The second-order valence-electron chi connectivity index (χ2n) is 15.0. The summed E-state index contributed by atoms with van der Waals surface area (Å²) in [7, 11) is 0. The Hall–Kier alpha value is -2.29. The number of nitrogens with zero attached hydrogens (tertiary/aromatic N) is 2. The number of ether oxygens (including phenoxy) is 1. The smallest absolute Gasteiger partial charge is 0.348 e. The van der Waals surface area contributed by atoms with Crippen LogP contribution in [0.3, 0.4) is 0 Å². The first kappa shape index (κ1) is 36.5. The van der Waals surface area contributed by atoms with Gasteiger partial charge in [-0.25, -0.2) is 10.1 Å². The molecule has 0 aliphatic carbocycles. The Morgan fingerprint density at radius 3 is 2.50 bits per heavy atom. The van der Waals surface area contributed by atoms with Gasteiger partial charge in [0.1, 0.15) is 11.6 Å². The maximum Gasteiger partial charge on any atom is 0.348 e. The molecule has 262 valence electrons. The lowest BCUT2D eigenvalue weighted by molar-refractivity contribution is -0.576. The molecule has 0 aromatic rings. The SMILES string of the molecule is CCCCCCCCC[C@H](O)C[C@@H]1CC[C@H]2C(C(=O)O[C@H](C)CCCCC[C@@H](C)NC3=[N+]4CCC[C@H]4C[C@@H](C)N3)=C(C)NC(N)=[N+]12. The largest absolute Gasteiger partial charge is 0.459 e. The molecule has 2 saturated heterocycles. The molecule has 46 heavy (non-hydrogen) atoms. The fourth-order valence-electron chi connectivity index (χ4n) is 8.35. The first-order chi connectivity index (χ1) is 22.2. The van der Waals surface area contributed by atoms with E-state index in [0.29, 0.717) is 36.1 Å². The van der Waals surface area contributed by atoms with Gasteiger partial charge in [0.2, 0.25) is 0 Å². The van der Waals surface area contributed by atoms with Crippen LogP contribution in [0.5, 0.6) is 0 Å². The summed E-state index contributed by atoms with van der Waals surface area (Å²) in [6.07, 6.45) is 20.8. The van der Waals surface area contributed by atoms with Crippen LogP contribution in [0, 0.1) is 0 Å². The van der Waals surface area contributed by atoms with E-state index in [9.17, 15) is 9.90 Å². The number of nitrogens with two attached hydrogens (primary N) is 1. The summed E-state index contributed by atoms with van der Waals surface area (Å²) in [4.78, 5) is 13.5. The first-order valence-corrected chi connectivity index (χ1v) is 19.1. The number of hydrogen-bond acceptors (Lipinski definition) is 7. The van der Waals surface area contributed by atoms with Crippen LogP contribution in [-0.2, 0) is 9.53 Å². The molecule has 4 rings (SSSR count). The number of aliphatic hydroxyl groups excluding tert-OH is 1. The normalized spacial score (nSPS) is 26.3. The number of aliphatic hydroxyl groups is 1. The topological polar surface area (TPSA) is 115 Å². The molecule has 4 heterocycles. The van der Waals surface area contributed by atoms with E-state index in [1.807, 2.05) is 13.8 Å². The van der Waals surface area contributed by atoms with E-state index >= 15 is 0 Å². The van der Waals surface area contributed by atoms with Crippen LogP contribution in [-0.4, -0.2) is 81.1 Å². The highest BCUT2D eigenvalue weighted by atomic mass is 16.5. The minimum absolute atomic E-state index is 0.0824. The molecule has 0 unspecified atom stereocenters. The van der Waals surface area contributed by atoms with E-state index in [-0.39, 0.29) is 30.3 Å². The molecule has 9 nitrogen and oxygen atoms in total. The van der Waals surface area contributed by atoms with Crippen molar-refractivity contribution >= 4 is 17.9 Å². The lowest BCUT2D eigenvalue weighted by atomic mass is 10.0. The van der Waals surface area contributed by atoms with E-state index in [1.54, 1.807) is 0 Å². The van der Waals surface area contributed by atoms with Crippen molar-refractivity contribution < 1.29 is 23.8 Å². The quantitative estimate of drug-likeness (QED) is 0.0728. The van der Waals surface area contributed by atoms with Gasteiger partial charge in [0.05, 0.1) is 48.6 Å². The zero-order valence-corrected chi connectivity index (χ0v) is 29.9. The number of allylic oxidation sites excluding steroid dienone is 1. The van der Waals surface area contributed by atoms with E-state index < -0.39 is 0 Å². The average molecular weight is 645 g/mol. The second kappa shape index (κ2) is 18.3. The third-order valence-corrected chi connectivity index (χ3v) is 10.9. The van der Waals surface area contributed by atoms with Gasteiger partial charge < -0.3 is 9.84 Å². The van der Waals surface area contributed by atoms with Crippen molar-refractivity contribution in [3.8, 4) is 0 Å². The van der Waals surface area contributed by atoms with Gasteiger partial charge in [-0.2, -0.15) is 0 Å². The average Bonchev–Trinajstić information content (AvgIpc) is 3.64. The molecule has 4 aliphatic heterocycles. The van der Waals surface area contributed by atoms with Crippen molar-refractivity contribution in [2.24, 2.45) is 5.73 Å². The predicted octanol–water partition coefficient (Wildman–Crippen LogP) is 5.39. The minimum atomic E-state index is -0.336. The number of guanidine groups is 2. The summed E-state index contributed by atoms with van der Waals surface area (Å²) in [5, 5.41) is 21.5. The van der Waals surface area contributed by atoms with Crippen molar-refractivity contribution in [2.45, 2.75) is 199 Å². The lowest BCUT2D eigenvalue weighted by Gasteiger charge is -2.27. The Labute approximate surface area is 279 Å². The number of unbranched alkanes of at least 4 members (excludes halogenated alkanes) is 8. The Morgan fingerprint density at radius 1 is 1.02 bits per heavy atom. The van der Waals surface area contributed by atoms with Crippen LogP contribution in [0.4, 0.5) is 0 Å². The summed E-state index contributed by atoms with van der Waals surface area (Å²) in [5.41, 5.74) is 7.96. The summed E-state index contributed by atoms with van der Waals surface area (Å²) in [6, 6.07) is 1.72. The van der Waals surface area contributed by atoms with Gasteiger partial charge >= 0.3 is 17.9 Å². The molecular formula is C37H68N6O3+2. The summed E-state index contributed by atoms with van der Waals surface area (Å²) in [6.45, 7) is 11.9. The standard InChI is InChI=1S/C37H66N6O3/c1-6-7-8-9-10-11-15-20-32(44)25-31-21-22-33-34(29(5)41-36(38)43(31)33)35(45)46-28(4)18-14-12-13-17-26(2)39-37-40-27(3)24-30-19-16-23-42(30)37/h26-28,30-33,44H,6-25H2,1-5H3,(H3,38,39,40,41,45)/p+2/t26-,27-,28-,30+,31+,32+,33+/m1/s1.